The van der Waals surface area contributed by atoms with Crippen molar-refractivity contribution in [2.75, 3.05) is 31.1 Å². The molecule has 0 N–H and O–H groups in total. The third-order valence-corrected chi connectivity index (χ3v) is 6.70. The summed E-state index contributed by atoms with van der Waals surface area (Å²) in [5, 5.41) is 0. The maximum atomic E-state index is 5.08. The minimum Gasteiger partial charge on any atom is -0.356 e. The highest BCUT2D eigenvalue weighted by molar-refractivity contribution is 5.61. The molecule has 1 aliphatic carbocycles. The summed E-state index contributed by atoms with van der Waals surface area (Å²) in [7, 11) is 0. The maximum absolute atomic E-state index is 5.08. The third kappa shape index (κ3) is 3.77. The average Bonchev–Trinajstić information content (AvgIpc) is 3.29. The van der Waals surface area contributed by atoms with Gasteiger partial charge in [0, 0.05) is 62.7 Å². The molecule has 3 aliphatic rings. The van der Waals surface area contributed by atoms with Crippen LogP contribution in [0.25, 0.3) is 11.4 Å². The SMILES string of the molecule is c1cc(-c2nc3c(c(N4CCCC4)n2)CN(CC2CCCCC2)CC3)ccn1. The molecule has 0 unspecified atom stereocenters. The minimum atomic E-state index is 0.865. The molecular weight excluding hydrogens is 346 g/mol. The van der Waals surface area contributed by atoms with Gasteiger partial charge in [-0.3, -0.25) is 9.88 Å². The molecule has 1 saturated carbocycles. The quantitative estimate of drug-likeness (QED) is 0.803. The molecule has 0 amide bonds. The van der Waals surface area contributed by atoms with Crippen LogP contribution in [0.4, 0.5) is 5.82 Å². The van der Waals surface area contributed by atoms with Crippen LogP contribution in [0.2, 0.25) is 0 Å². The fourth-order valence-corrected chi connectivity index (χ4v) is 5.16. The first-order valence-corrected chi connectivity index (χ1v) is 11.1. The van der Waals surface area contributed by atoms with Crippen LogP contribution in [0.15, 0.2) is 24.5 Å². The number of hydrogen-bond donors (Lipinski definition) is 0. The lowest BCUT2D eigenvalue weighted by molar-refractivity contribution is 0.186. The van der Waals surface area contributed by atoms with Crippen LogP contribution in [0.5, 0.6) is 0 Å². The van der Waals surface area contributed by atoms with E-state index in [1.54, 1.807) is 0 Å². The van der Waals surface area contributed by atoms with E-state index in [1.165, 1.54) is 68.6 Å². The topological polar surface area (TPSA) is 45.2 Å². The van der Waals surface area contributed by atoms with E-state index in [-0.39, 0.29) is 0 Å². The lowest BCUT2D eigenvalue weighted by Crippen LogP contribution is -2.37. The fourth-order valence-electron chi connectivity index (χ4n) is 5.16. The van der Waals surface area contributed by atoms with Gasteiger partial charge in [-0.15, -0.1) is 0 Å². The summed E-state index contributed by atoms with van der Waals surface area (Å²) in [4.78, 5) is 19.4. The van der Waals surface area contributed by atoms with Crippen molar-refractivity contribution >= 4 is 5.82 Å². The van der Waals surface area contributed by atoms with Gasteiger partial charge in [0.05, 0.1) is 5.69 Å². The number of rotatable bonds is 4. The Morgan fingerprint density at radius 2 is 1.68 bits per heavy atom. The molecule has 4 heterocycles. The summed E-state index contributed by atoms with van der Waals surface area (Å²) in [5.74, 6) is 2.95. The number of hydrogen-bond acceptors (Lipinski definition) is 5. The van der Waals surface area contributed by atoms with Gasteiger partial charge < -0.3 is 4.90 Å². The standard InChI is InChI=1S/C23H31N5/c1-2-6-18(7-3-1)16-27-15-10-21-20(17-27)23(28-13-4-5-14-28)26-22(25-21)19-8-11-24-12-9-19/h8-9,11-12,18H,1-7,10,13-17H2. The highest BCUT2D eigenvalue weighted by Gasteiger charge is 2.28. The van der Waals surface area contributed by atoms with E-state index in [1.807, 2.05) is 24.5 Å². The molecule has 2 fully saturated rings. The Balaban J connectivity index is 1.44. The Kier molecular flexibility index (Phi) is 5.26. The van der Waals surface area contributed by atoms with Crippen molar-refractivity contribution < 1.29 is 0 Å². The second-order valence-corrected chi connectivity index (χ2v) is 8.72. The van der Waals surface area contributed by atoms with Gasteiger partial charge in [-0.2, -0.15) is 0 Å². The van der Waals surface area contributed by atoms with Gasteiger partial charge in [-0.1, -0.05) is 19.3 Å². The van der Waals surface area contributed by atoms with Crippen molar-refractivity contribution in [3.63, 3.8) is 0 Å². The molecule has 0 bridgehead atoms. The molecule has 2 aromatic heterocycles. The van der Waals surface area contributed by atoms with Crippen LogP contribution >= 0.6 is 0 Å². The van der Waals surface area contributed by atoms with E-state index >= 15 is 0 Å². The van der Waals surface area contributed by atoms with E-state index < -0.39 is 0 Å². The zero-order valence-electron chi connectivity index (χ0n) is 16.8. The van der Waals surface area contributed by atoms with Crippen molar-refractivity contribution in [2.24, 2.45) is 5.92 Å². The van der Waals surface area contributed by atoms with Crippen molar-refractivity contribution in [3.05, 3.63) is 35.8 Å². The summed E-state index contributed by atoms with van der Waals surface area (Å²) in [5.41, 5.74) is 3.73. The lowest BCUT2D eigenvalue weighted by Gasteiger charge is -2.34. The zero-order valence-corrected chi connectivity index (χ0v) is 16.8. The van der Waals surface area contributed by atoms with E-state index in [0.29, 0.717) is 0 Å². The zero-order chi connectivity index (χ0) is 18.8. The van der Waals surface area contributed by atoms with Crippen molar-refractivity contribution in [1.82, 2.24) is 19.9 Å². The minimum absolute atomic E-state index is 0.865. The van der Waals surface area contributed by atoms with E-state index in [9.17, 15) is 0 Å². The van der Waals surface area contributed by atoms with E-state index in [4.69, 9.17) is 9.97 Å². The first-order chi connectivity index (χ1) is 13.9. The number of pyridine rings is 1. The molecule has 0 atom stereocenters. The van der Waals surface area contributed by atoms with E-state index in [2.05, 4.69) is 14.8 Å². The molecule has 0 aromatic carbocycles. The molecular formula is C23H31N5. The van der Waals surface area contributed by atoms with Crippen LogP contribution in [0.1, 0.15) is 56.2 Å². The van der Waals surface area contributed by atoms with Gasteiger partial charge in [0.1, 0.15) is 5.82 Å². The molecule has 5 nitrogen and oxygen atoms in total. The summed E-state index contributed by atoms with van der Waals surface area (Å²) < 4.78 is 0. The number of aromatic nitrogens is 3. The monoisotopic (exact) mass is 377 g/mol. The summed E-state index contributed by atoms with van der Waals surface area (Å²) >= 11 is 0. The van der Waals surface area contributed by atoms with Gasteiger partial charge in [0.15, 0.2) is 5.82 Å². The second-order valence-electron chi connectivity index (χ2n) is 8.72. The van der Waals surface area contributed by atoms with Gasteiger partial charge in [0.25, 0.3) is 0 Å². The van der Waals surface area contributed by atoms with Gasteiger partial charge in [-0.05, 0) is 43.7 Å². The lowest BCUT2D eigenvalue weighted by atomic mass is 9.88. The van der Waals surface area contributed by atoms with Gasteiger partial charge in [-0.25, -0.2) is 9.97 Å². The Bertz CT molecular complexity index is 794. The molecule has 2 aromatic rings. The molecule has 28 heavy (non-hydrogen) atoms. The number of nitrogens with zero attached hydrogens (tertiary/aromatic N) is 5. The Morgan fingerprint density at radius 3 is 2.46 bits per heavy atom. The van der Waals surface area contributed by atoms with Crippen molar-refractivity contribution in [1.29, 1.82) is 0 Å². The summed E-state index contributed by atoms with van der Waals surface area (Å²) in [6, 6.07) is 4.04. The fraction of sp³-hybridized carbons (Fsp3) is 0.609. The predicted molar refractivity (Wildman–Crippen MR) is 112 cm³/mol. The molecule has 5 heteroatoms. The normalized spacial score (nSPS) is 21.1. The molecule has 1 saturated heterocycles. The Labute approximate surface area is 168 Å². The van der Waals surface area contributed by atoms with Crippen LogP contribution < -0.4 is 4.90 Å². The number of anilines is 1. The maximum Gasteiger partial charge on any atom is 0.161 e. The average molecular weight is 378 g/mol. The van der Waals surface area contributed by atoms with Crippen LogP contribution in [-0.4, -0.2) is 46.0 Å². The highest BCUT2D eigenvalue weighted by atomic mass is 15.2. The highest BCUT2D eigenvalue weighted by Crippen LogP contribution is 2.33. The van der Waals surface area contributed by atoms with Gasteiger partial charge in [0.2, 0.25) is 0 Å². The van der Waals surface area contributed by atoms with Crippen LogP contribution in [0.3, 0.4) is 0 Å². The third-order valence-electron chi connectivity index (χ3n) is 6.70. The van der Waals surface area contributed by atoms with Crippen LogP contribution in [-0.2, 0) is 13.0 Å². The molecule has 148 valence electrons. The Morgan fingerprint density at radius 1 is 0.893 bits per heavy atom. The van der Waals surface area contributed by atoms with Gasteiger partial charge >= 0.3 is 0 Å². The van der Waals surface area contributed by atoms with Crippen molar-refractivity contribution in [2.45, 2.75) is 57.9 Å². The predicted octanol–water partition coefficient (Wildman–Crippen LogP) is 4.08. The first kappa shape index (κ1) is 18.0. The van der Waals surface area contributed by atoms with E-state index in [0.717, 1.165) is 49.9 Å². The summed E-state index contributed by atoms with van der Waals surface area (Å²) in [6.45, 7) is 5.67. The smallest absolute Gasteiger partial charge is 0.161 e. The molecule has 5 rings (SSSR count). The largest absolute Gasteiger partial charge is 0.356 e. The molecule has 2 aliphatic heterocycles. The summed E-state index contributed by atoms with van der Waals surface area (Å²) in [6.07, 6.45) is 14.4. The molecule has 0 spiro atoms. The second kappa shape index (κ2) is 8.16. The Hall–Kier alpha value is -2.01. The molecule has 0 radical (unpaired) electrons. The van der Waals surface area contributed by atoms with Crippen LogP contribution in [0, 0.1) is 5.92 Å². The first-order valence-electron chi connectivity index (χ1n) is 11.1. The van der Waals surface area contributed by atoms with Crippen molar-refractivity contribution in [3.8, 4) is 11.4 Å². The number of fused-ring (bicyclic) bond motifs is 1.